The van der Waals surface area contributed by atoms with Crippen LogP contribution in [0, 0.1) is 11.3 Å². The minimum absolute atomic E-state index is 0.162. The van der Waals surface area contributed by atoms with Crippen LogP contribution in [0.25, 0.3) is 0 Å². The molecule has 1 aliphatic rings. The lowest BCUT2D eigenvalue weighted by Gasteiger charge is -2.36. The van der Waals surface area contributed by atoms with Crippen LogP contribution < -0.4 is 0 Å². The third-order valence-corrected chi connectivity index (χ3v) is 3.94. The van der Waals surface area contributed by atoms with Crippen molar-refractivity contribution in [1.82, 2.24) is 10.1 Å². The summed E-state index contributed by atoms with van der Waals surface area (Å²) in [4.78, 5) is 4.21. The first-order valence-electron chi connectivity index (χ1n) is 6.44. The van der Waals surface area contributed by atoms with E-state index in [4.69, 9.17) is 9.63 Å². The summed E-state index contributed by atoms with van der Waals surface area (Å²) in [6, 6.07) is 0. The zero-order valence-corrected chi connectivity index (χ0v) is 10.9. The van der Waals surface area contributed by atoms with Crippen LogP contribution in [0.15, 0.2) is 4.52 Å². The average Bonchev–Trinajstić information content (AvgIpc) is 2.76. The second-order valence-corrected chi connectivity index (χ2v) is 6.12. The number of aliphatic hydroxyl groups is 1. The Morgan fingerprint density at radius 1 is 1.24 bits per heavy atom. The molecule has 0 bridgehead atoms. The highest BCUT2D eigenvalue weighted by atomic mass is 16.5. The molecular formula is C13H22N2O2. The Kier molecular flexibility index (Phi) is 3.52. The highest BCUT2D eigenvalue weighted by Gasteiger charge is 2.31. The number of nitrogens with zero attached hydrogens (tertiary/aromatic N) is 2. The highest BCUT2D eigenvalue weighted by molar-refractivity contribution is 4.98. The normalized spacial score (nSPS) is 26.1. The van der Waals surface area contributed by atoms with Gasteiger partial charge >= 0.3 is 0 Å². The van der Waals surface area contributed by atoms with Gasteiger partial charge in [0.1, 0.15) is 6.61 Å². The molecule has 4 heteroatoms. The van der Waals surface area contributed by atoms with Crippen molar-refractivity contribution in [1.29, 1.82) is 0 Å². The van der Waals surface area contributed by atoms with Gasteiger partial charge in [-0.1, -0.05) is 25.9 Å². The molecule has 0 aliphatic heterocycles. The molecule has 1 fully saturated rings. The van der Waals surface area contributed by atoms with Gasteiger partial charge in [-0.05, 0) is 37.0 Å². The third kappa shape index (κ3) is 2.86. The predicted molar refractivity (Wildman–Crippen MR) is 64.4 cm³/mol. The maximum Gasteiger partial charge on any atom is 0.252 e. The SMILES string of the molecule is CC(C)(C)C1CCC(c2noc(CO)n2)CC1. The van der Waals surface area contributed by atoms with Crippen LogP contribution in [0.1, 0.15) is 64.1 Å². The fraction of sp³-hybridized carbons (Fsp3) is 0.846. The summed E-state index contributed by atoms with van der Waals surface area (Å²) in [6.07, 6.45) is 4.73. The number of aliphatic hydroxyl groups excluding tert-OH is 1. The van der Waals surface area contributed by atoms with Gasteiger partial charge in [0.25, 0.3) is 5.89 Å². The minimum atomic E-state index is -0.162. The molecule has 2 rings (SSSR count). The van der Waals surface area contributed by atoms with Crippen molar-refractivity contribution in [3.8, 4) is 0 Å². The van der Waals surface area contributed by atoms with Gasteiger partial charge in [-0.2, -0.15) is 4.98 Å². The van der Waals surface area contributed by atoms with Gasteiger partial charge in [0, 0.05) is 5.92 Å². The minimum Gasteiger partial charge on any atom is -0.387 e. The molecule has 1 aliphatic carbocycles. The van der Waals surface area contributed by atoms with Crippen molar-refractivity contribution in [3.63, 3.8) is 0 Å². The molecule has 0 saturated heterocycles. The van der Waals surface area contributed by atoms with Crippen LogP contribution in [0.5, 0.6) is 0 Å². The molecule has 0 spiro atoms. The van der Waals surface area contributed by atoms with E-state index in [-0.39, 0.29) is 6.61 Å². The lowest BCUT2D eigenvalue weighted by atomic mass is 9.70. The Bertz CT molecular complexity index is 360. The first-order valence-corrected chi connectivity index (χ1v) is 6.44. The van der Waals surface area contributed by atoms with Gasteiger partial charge in [0.05, 0.1) is 0 Å². The van der Waals surface area contributed by atoms with E-state index in [2.05, 4.69) is 30.9 Å². The van der Waals surface area contributed by atoms with Crippen molar-refractivity contribution in [2.75, 3.05) is 0 Å². The molecule has 0 amide bonds. The van der Waals surface area contributed by atoms with Crippen molar-refractivity contribution < 1.29 is 9.63 Å². The maximum absolute atomic E-state index is 8.90. The van der Waals surface area contributed by atoms with E-state index in [0.29, 0.717) is 17.2 Å². The van der Waals surface area contributed by atoms with Gasteiger partial charge in [-0.3, -0.25) is 0 Å². The number of hydrogen-bond donors (Lipinski definition) is 1. The number of rotatable bonds is 2. The first-order chi connectivity index (χ1) is 8.00. The largest absolute Gasteiger partial charge is 0.387 e. The van der Waals surface area contributed by atoms with E-state index < -0.39 is 0 Å². The molecular weight excluding hydrogens is 216 g/mol. The monoisotopic (exact) mass is 238 g/mol. The second kappa shape index (κ2) is 4.77. The van der Waals surface area contributed by atoms with Crippen molar-refractivity contribution in [2.24, 2.45) is 11.3 Å². The van der Waals surface area contributed by atoms with Gasteiger partial charge in [-0.25, -0.2) is 0 Å². The average molecular weight is 238 g/mol. The summed E-state index contributed by atoms with van der Waals surface area (Å²) in [5, 5.41) is 12.9. The van der Waals surface area contributed by atoms with E-state index >= 15 is 0 Å². The molecule has 1 aromatic heterocycles. The maximum atomic E-state index is 8.90. The molecule has 1 aromatic rings. The summed E-state index contributed by atoms with van der Waals surface area (Å²) in [5.41, 5.74) is 0.401. The zero-order chi connectivity index (χ0) is 12.5. The Labute approximate surface area is 102 Å². The summed E-state index contributed by atoms with van der Waals surface area (Å²) in [6.45, 7) is 6.78. The van der Waals surface area contributed by atoms with E-state index in [0.717, 1.165) is 24.6 Å². The third-order valence-electron chi connectivity index (χ3n) is 3.94. The summed E-state index contributed by atoms with van der Waals surface area (Å²) < 4.78 is 4.95. The summed E-state index contributed by atoms with van der Waals surface area (Å²) >= 11 is 0. The standard InChI is InChI=1S/C13H22N2O2/c1-13(2,3)10-6-4-9(5-7-10)12-14-11(8-16)17-15-12/h9-10,16H,4-8H2,1-3H3. The molecule has 0 aromatic carbocycles. The Morgan fingerprint density at radius 2 is 1.88 bits per heavy atom. The van der Waals surface area contributed by atoms with E-state index in [1.807, 2.05) is 0 Å². The molecule has 0 radical (unpaired) electrons. The van der Waals surface area contributed by atoms with Crippen LogP contribution in [-0.2, 0) is 6.61 Å². The molecule has 4 nitrogen and oxygen atoms in total. The van der Waals surface area contributed by atoms with E-state index in [1.165, 1.54) is 12.8 Å². The fourth-order valence-corrected chi connectivity index (χ4v) is 2.72. The molecule has 17 heavy (non-hydrogen) atoms. The van der Waals surface area contributed by atoms with Gasteiger partial charge in [-0.15, -0.1) is 0 Å². The summed E-state index contributed by atoms with van der Waals surface area (Å²) in [5.74, 6) is 2.32. The quantitative estimate of drug-likeness (QED) is 0.860. The van der Waals surface area contributed by atoms with Crippen LogP contribution in [0.4, 0.5) is 0 Å². The van der Waals surface area contributed by atoms with Gasteiger partial charge < -0.3 is 9.63 Å². The van der Waals surface area contributed by atoms with Crippen LogP contribution in [0.2, 0.25) is 0 Å². The van der Waals surface area contributed by atoms with E-state index in [9.17, 15) is 0 Å². The summed E-state index contributed by atoms with van der Waals surface area (Å²) in [7, 11) is 0. The molecule has 1 saturated carbocycles. The van der Waals surface area contributed by atoms with Crippen molar-refractivity contribution in [2.45, 2.75) is 59.0 Å². The van der Waals surface area contributed by atoms with Crippen molar-refractivity contribution >= 4 is 0 Å². The van der Waals surface area contributed by atoms with E-state index in [1.54, 1.807) is 0 Å². The van der Waals surface area contributed by atoms with Crippen molar-refractivity contribution in [3.05, 3.63) is 11.7 Å². The molecule has 1 N–H and O–H groups in total. The lowest BCUT2D eigenvalue weighted by Crippen LogP contribution is -2.25. The highest BCUT2D eigenvalue weighted by Crippen LogP contribution is 2.42. The topological polar surface area (TPSA) is 59.2 Å². The van der Waals surface area contributed by atoms with Gasteiger partial charge in [0.2, 0.25) is 0 Å². The Hall–Kier alpha value is -0.900. The molecule has 0 unspecified atom stereocenters. The first kappa shape index (κ1) is 12.6. The number of aromatic nitrogens is 2. The fourth-order valence-electron chi connectivity index (χ4n) is 2.72. The zero-order valence-electron chi connectivity index (χ0n) is 10.9. The van der Waals surface area contributed by atoms with Crippen LogP contribution in [-0.4, -0.2) is 15.2 Å². The predicted octanol–water partition coefficient (Wildman–Crippen LogP) is 2.88. The van der Waals surface area contributed by atoms with Crippen LogP contribution >= 0.6 is 0 Å². The molecule has 96 valence electrons. The van der Waals surface area contributed by atoms with Gasteiger partial charge in [0.15, 0.2) is 5.82 Å². The molecule has 1 heterocycles. The lowest BCUT2D eigenvalue weighted by molar-refractivity contribution is 0.166. The Morgan fingerprint density at radius 3 is 2.35 bits per heavy atom. The molecule has 0 atom stereocenters. The number of hydrogen-bond acceptors (Lipinski definition) is 4. The van der Waals surface area contributed by atoms with Crippen LogP contribution in [0.3, 0.4) is 0 Å². The second-order valence-electron chi connectivity index (χ2n) is 6.12. The Balaban J connectivity index is 1.95. The smallest absolute Gasteiger partial charge is 0.252 e.